The average Bonchev–Trinajstić information content (AvgIpc) is 3.45. The number of anilines is 2. The Morgan fingerprint density at radius 1 is 0.733 bits per heavy atom. The van der Waals surface area contributed by atoms with Crippen LogP contribution in [0.15, 0.2) is 97.1 Å². The molecule has 2 unspecified atom stereocenters. The fourth-order valence-electron chi connectivity index (χ4n) is 7.87. The van der Waals surface area contributed by atoms with Gasteiger partial charge in [-0.1, -0.05) is 87.5 Å². The number of hydrogen-bond acceptors (Lipinski definition) is 4. The Labute approximate surface area is 262 Å². The molecule has 1 N–H and O–H groups in total. The average molecular weight is 598 g/mol. The maximum atomic E-state index is 15.2. The predicted molar refractivity (Wildman–Crippen MR) is 174 cm³/mol. The number of hydrogen-bond donors (Lipinski definition) is 1. The second-order valence-corrected chi connectivity index (χ2v) is 14.1. The highest BCUT2D eigenvalue weighted by molar-refractivity contribution is 6.25. The fourth-order valence-corrected chi connectivity index (χ4v) is 7.87. The Bertz CT molecular complexity index is 1920. The zero-order valence-corrected chi connectivity index (χ0v) is 26.0. The number of fused-ring (bicyclic) bond motifs is 10. The van der Waals surface area contributed by atoms with Crippen LogP contribution in [0.1, 0.15) is 94.8 Å². The van der Waals surface area contributed by atoms with Crippen LogP contribution >= 0.6 is 0 Å². The van der Waals surface area contributed by atoms with Gasteiger partial charge in [0.1, 0.15) is 6.04 Å². The van der Waals surface area contributed by atoms with Crippen molar-refractivity contribution in [3.63, 3.8) is 0 Å². The highest BCUT2D eigenvalue weighted by atomic mass is 16.2. The molecule has 7 nitrogen and oxygen atoms in total. The van der Waals surface area contributed by atoms with Crippen molar-refractivity contribution in [2.45, 2.75) is 58.2 Å². The molecule has 0 aromatic heterocycles. The van der Waals surface area contributed by atoms with Crippen molar-refractivity contribution >= 4 is 34.9 Å². The van der Waals surface area contributed by atoms with Gasteiger partial charge in [-0.15, -0.1) is 0 Å². The van der Waals surface area contributed by atoms with Crippen LogP contribution in [0, 0.1) is 5.41 Å². The molecule has 4 aromatic rings. The first-order chi connectivity index (χ1) is 21.3. The molecule has 0 bridgehead atoms. The zero-order valence-electron chi connectivity index (χ0n) is 26.0. The quantitative estimate of drug-likeness (QED) is 0.256. The first-order valence-corrected chi connectivity index (χ1v) is 15.3. The largest absolute Gasteiger partial charge is 0.349 e. The number of rotatable bonds is 5. The predicted octanol–water partition coefficient (Wildman–Crippen LogP) is 6.82. The highest BCUT2D eigenvalue weighted by Crippen LogP contribution is 2.61. The van der Waals surface area contributed by atoms with Gasteiger partial charge in [0.05, 0.1) is 11.4 Å². The first-order valence-electron chi connectivity index (χ1n) is 15.3. The molecule has 0 spiro atoms. The third kappa shape index (κ3) is 4.17. The van der Waals surface area contributed by atoms with E-state index in [-0.39, 0.29) is 28.9 Å². The molecule has 4 aromatic carbocycles. The molecule has 0 radical (unpaired) electrons. The Hall–Kier alpha value is -5.04. The van der Waals surface area contributed by atoms with Crippen molar-refractivity contribution in [1.82, 2.24) is 5.32 Å². The van der Waals surface area contributed by atoms with Crippen LogP contribution in [0.4, 0.5) is 11.4 Å². The number of carbonyl (C=O) groups excluding carboxylic acids is 4. The molecule has 45 heavy (non-hydrogen) atoms. The van der Waals surface area contributed by atoms with Crippen molar-refractivity contribution in [2.75, 3.05) is 9.80 Å². The second-order valence-electron chi connectivity index (χ2n) is 14.1. The van der Waals surface area contributed by atoms with Crippen LogP contribution in [0.5, 0.6) is 0 Å². The summed E-state index contributed by atoms with van der Waals surface area (Å²) >= 11 is 0. The summed E-state index contributed by atoms with van der Waals surface area (Å²) < 4.78 is 0. The third-order valence-electron chi connectivity index (χ3n) is 9.03. The van der Waals surface area contributed by atoms with Gasteiger partial charge in [-0.25, -0.2) is 0 Å². The van der Waals surface area contributed by atoms with E-state index in [1.54, 1.807) is 70.5 Å². The Morgan fingerprint density at radius 2 is 1.38 bits per heavy atom. The molecule has 7 rings (SSSR count). The van der Waals surface area contributed by atoms with E-state index in [0.717, 1.165) is 0 Å². The number of carbonyl (C=O) groups is 4. The van der Waals surface area contributed by atoms with E-state index in [4.69, 9.17) is 0 Å². The Kier molecular flexibility index (Phi) is 6.21. The number of ketones is 1. The maximum Gasteiger partial charge on any atom is 0.260 e. The minimum absolute atomic E-state index is 0.0919. The lowest BCUT2D eigenvalue weighted by Crippen LogP contribution is -2.66. The van der Waals surface area contributed by atoms with E-state index in [1.807, 2.05) is 50.2 Å². The van der Waals surface area contributed by atoms with E-state index in [2.05, 4.69) is 26.1 Å². The molecule has 3 aliphatic rings. The fraction of sp³-hybridized carbons (Fsp3) is 0.263. The van der Waals surface area contributed by atoms with E-state index >= 15 is 4.79 Å². The van der Waals surface area contributed by atoms with E-state index in [9.17, 15) is 14.4 Å². The summed E-state index contributed by atoms with van der Waals surface area (Å²) in [5.41, 5.74) is 1.40. The van der Waals surface area contributed by atoms with Crippen LogP contribution in [0.2, 0.25) is 0 Å². The van der Waals surface area contributed by atoms with Gasteiger partial charge in [0.15, 0.2) is 11.3 Å². The van der Waals surface area contributed by atoms with Gasteiger partial charge in [0, 0.05) is 33.4 Å². The van der Waals surface area contributed by atoms with Crippen molar-refractivity contribution < 1.29 is 19.2 Å². The number of nitrogens with one attached hydrogen (secondary N) is 1. The minimum atomic E-state index is -1.63. The first kappa shape index (κ1) is 28.7. The summed E-state index contributed by atoms with van der Waals surface area (Å²) in [6.45, 7) is 10.3. The van der Waals surface area contributed by atoms with E-state index < -0.39 is 17.1 Å². The number of nitrogens with zero attached hydrogens (tertiary/aromatic N) is 2. The molecular formula is C38H35N3O4. The van der Waals surface area contributed by atoms with Crippen LogP contribution in [-0.4, -0.2) is 29.0 Å². The summed E-state index contributed by atoms with van der Waals surface area (Å²) in [7, 11) is 0. The van der Waals surface area contributed by atoms with Crippen molar-refractivity contribution in [3.05, 3.63) is 130 Å². The zero-order chi connectivity index (χ0) is 31.9. The summed E-state index contributed by atoms with van der Waals surface area (Å²) in [4.78, 5) is 60.9. The van der Waals surface area contributed by atoms with Crippen LogP contribution in [0.25, 0.3) is 0 Å². The van der Waals surface area contributed by atoms with Gasteiger partial charge in [-0.05, 0) is 61.6 Å². The number of amides is 3. The third-order valence-corrected chi connectivity index (χ3v) is 9.03. The van der Waals surface area contributed by atoms with Crippen molar-refractivity contribution in [1.29, 1.82) is 0 Å². The molecule has 2 atom stereocenters. The molecule has 3 amide bonds. The highest BCUT2D eigenvalue weighted by Gasteiger charge is 2.68. The monoisotopic (exact) mass is 597 g/mol. The van der Waals surface area contributed by atoms with E-state index in [1.165, 1.54) is 0 Å². The molecule has 226 valence electrons. The molecule has 0 aliphatic carbocycles. The lowest BCUT2D eigenvalue weighted by atomic mass is 9.75. The molecule has 7 heteroatoms. The van der Waals surface area contributed by atoms with E-state index in [0.29, 0.717) is 51.2 Å². The minimum Gasteiger partial charge on any atom is -0.349 e. The van der Waals surface area contributed by atoms with Crippen molar-refractivity contribution in [3.8, 4) is 0 Å². The molecule has 3 aliphatic heterocycles. The summed E-state index contributed by atoms with van der Waals surface area (Å²) in [5, 5.41) is 3.32. The van der Waals surface area contributed by atoms with Gasteiger partial charge >= 0.3 is 0 Å². The van der Waals surface area contributed by atoms with Crippen LogP contribution in [-0.2, 0) is 10.3 Å². The van der Waals surface area contributed by atoms with Gasteiger partial charge < -0.3 is 5.32 Å². The molecular weight excluding hydrogens is 562 g/mol. The standard InChI is InChI=1S/C38H35N3O4/c1-36(2,3)22-37(4,5)39-35(45)38-28-18-12-11-17-27(28)34(44)41(38)30-21-24(31(42)23-13-7-6-8-14-23)19-20-29(30)40-32(38)25-15-9-10-16-26(25)33(40)43/h6-21,32H,22H2,1-5H3,(H,39,45). The lowest BCUT2D eigenvalue weighted by molar-refractivity contribution is -0.129. The van der Waals surface area contributed by atoms with Crippen LogP contribution < -0.4 is 15.1 Å². The van der Waals surface area contributed by atoms with Gasteiger partial charge in [0.25, 0.3) is 17.7 Å². The summed E-state index contributed by atoms with van der Waals surface area (Å²) in [6.07, 6.45) is 0.674. The van der Waals surface area contributed by atoms with Crippen molar-refractivity contribution in [2.24, 2.45) is 5.41 Å². The molecule has 3 heterocycles. The smallest absolute Gasteiger partial charge is 0.260 e. The van der Waals surface area contributed by atoms with Gasteiger partial charge in [0.2, 0.25) is 0 Å². The summed E-state index contributed by atoms with van der Waals surface area (Å²) in [5.74, 6) is -1.20. The van der Waals surface area contributed by atoms with Gasteiger partial charge in [-0.2, -0.15) is 0 Å². The topological polar surface area (TPSA) is 86.8 Å². The van der Waals surface area contributed by atoms with Crippen LogP contribution in [0.3, 0.4) is 0 Å². The number of benzene rings is 4. The van der Waals surface area contributed by atoms with Gasteiger partial charge in [-0.3, -0.25) is 29.0 Å². The lowest BCUT2D eigenvalue weighted by Gasteiger charge is -2.51. The molecule has 0 saturated carbocycles. The Morgan fingerprint density at radius 3 is 2.09 bits per heavy atom. The molecule has 0 fully saturated rings. The molecule has 0 saturated heterocycles. The SMILES string of the molecule is CC(C)(C)CC(C)(C)NC(=O)C12c3ccccc3C(=O)N1c1cc(C(=O)c3ccccc3)ccc1N1C(=O)c3ccccc3C12. The maximum absolute atomic E-state index is 15.2. The summed E-state index contributed by atoms with van der Waals surface area (Å²) in [6, 6.07) is 27.6. The normalized spacial score (nSPS) is 19.8. The Balaban J connectivity index is 1.51. The second kappa shape index (κ2) is 9.73.